The highest BCUT2D eigenvalue weighted by Crippen LogP contribution is 2.33. The van der Waals surface area contributed by atoms with E-state index in [1.807, 2.05) is 6.07 Å². The summed E-state index contributed by atoms with van der Waals surface area (Å²) in [5.41, 5.74) is 2.91. The molecule has 4 aliphatic rings. The van der Waals surface area contributed by atoms with Crippen molar-refractivity contribution in [2.45, 2.75) is 63.3 Å². The molecule has 3 aliphatic heterocycles. The van der Waals surface area contributed by atoms with Crippen molar-refractivity contribution >= 4 is 17.7 Å². The van der Waals surface area contributed by atoms with Gasteiger partial charge in [-0.2, -0.15) is 0 Å². The summed E-state index contributed by atoms with van der Waals surface area (Å²) in [6, 6.07) is 6.85. The number of rotatable bonds is 5. The van der Waals surface area contributed by atoms with Gasteiger partial charge in [0, 0.05) is 43.7 Å². The van der Waals surface area contributed by atoms with E-state index in [1.54, 1.807) is 4.90 Å². The largest absolute Gasteiger partial charge is 0.322 e. The summed E-state index contributed by atoms with van der Waals surface area (Å²) in [5, 5.41) is 5.82. The molecule has 28 heavy (non-hydrogen) atoms. The number of carbonyl (C=O) groups is 3. The summed E-state index contributed by atoms with van der Waals surface area (Å²) < 4.78 is 0. The van der Waals surface area contributed by atoms with Gasteiger partial charge in [0.2, 0.25) is 11.8 Å². The number of nitrogens with zero attached hydrogens (tertiary/aromatic N) is 2. The predicted molar refractivity (Wildman–Crippen MR) is 102 cm³/mol. The third-order valence-corrected chi connectivity index (χ3v) is 6.47. The molecule has 1 aliphatic carbocycles. The molecule has 0 radical (unpaired) electrons. The van der Waals surface area contributed by atoms with Gasteiger partial charge >= 0.3 is 0 Å². The molecule has 1 aromatic carbocycles. The summed E-state index contributed by atoms with van der Waals surface area (Å²) in [5.74, 6) is -0.712. The van der Waals surface area contributed by atoms with Gasteiger partial charge in [0.05, 0.1) is 0 Å². The SMILES string of the molecule is O=C1CCC(N2Cc3cc(CN(C4CC4)C4CCNC4)ccc3C2=O)C(=O)N1. The van der Waals surface area contributed by atoms with Crippen molar-refractivity contribution < 1.29 is 14.4 Å². The molecule has 148 valence electrons. The van der Waals surface area contributed by atoms with Crippen LogP contribution in [0.25, 0.3) is 0 Å². The van der Waals surface area contributed by atoms with Crippen molar-refractivity contribution in [3.05, 3.63) is 34.9 Å². The molecule has 2 unspecified atom stereocenters. The molecule has 1 saturated carbocycles. The van der Waals surface area contributed by atoms with Gasteiger partial charge in [-0.3, -0.25) is 24.6 Å². The van der Waals surface area contributed by atoms with Crippen molar-refractivity contribution in [3.63, 3.8) is 0 Å². The van der Waals surface area contributed by atoms with Crippen molar-refractivity contribution in [3.8, 4) is 0 Å². The van der Waals surface area contributed by atoms with Gasteiger partial charge in [0.1, 0.15) is 6.04 Å². The zero-order valence-corrected chi connectivity index (χ0v) is 15.9. The smallest absolute Gasteiger partial charge is 0.255 e. The normalized spacial score (nSPS) is 27.5. The highest BCUT2D eigenvalue weighted by molar-refractivity contribution is 6.05. The minimum atomic E-state index is -0.548. The zero-order chi connectivity index (χ0) is 19.3. The van der Waals surface area contributed by atoms with E-state index in [9.17, 15) is 14.4 Å². The first kappa shape index (κ1) is 17.8. The molecular weight excluding hydrogens is 356 g/mol. The summed E-state index contributed by atoms with van der Waals surface area (Å²) in [6.07, 6.45) is 4.45. The number of imide groups is 1. The topological polar surface area (TPSA) is 81.8 Å². The molecule has 0 aromatic heterocycles. The molecule has 3 amide bonds. The Hall–Kier alpha value is -2.25. The number of hydrogen-bond acceptors (Lipinski definition) is 5. The lowest BCUT2D eigenvalue weighted by Gasteiger charge is -2.29. The van der Waals surface area contributed by atoms with E-state index in [0.29, 0.717) is 30.6 Å². The Bertz CT molecular complexity index is 829. The maximum Gasteiger partial charge on any atom is 0.255 e. The number of carbonyl (C=O) groups excluding carboxylic acids is 3. The van der Waals surface area contributed by atoms with Crippen LogP contribution in [0.2, 0.25) is 0 Å². The Morgan fingerprint density at radius 3 is 2.64 bits per heavy atom. The van der Waals surface area contributed by atoms with Crippen molar-refractivity contribution in [2.24, 2.45) is 0 Å². The summed E-state index contributed by atoms with van der Waals surface area (Å²) in [6.45, 7) is 3.51. The highest BCUT2D eigenvalue weighted by atomic mass is 16.2. The van der Waals surface area contributed by atoms with E-state index in [0.717, 1.165) is 25.2 Å². The van der Waals surface area contributed by atoms with Gasteiger partial charge in [0.15, 0.2) is 0 Å². The van der Waals surface area contributed by atoms with Crippen molar-refractivity contribution in [1.82, 2.24) is 20.4 Å². The fraction of sp³-hybridized carbons (Fsp3) is 0.571. The fourth-order valence-electron chi connectivity index (χ4n) is 4.82. The molecule has 0 bridgehead atoms. The van der Waals surface area contributed by atoms with Crippen LogP contribution in [0.1, 0.15) is 53.6 Å². The molecule has 2 saturated heterocycles. The van der Waals surface area contributed by atoms with Gasteiger partial charge in [-0.15, -0.1) is 0 Å². The van der Waals surface area contributed by atoms with Gasteiger partial charge in [-0.05, 0) is 49.4 Å². The second kappa shape index (κ2) is 6.97. The first-order chi connectivity index (χ1) is 13.6. The van der Waals surface area contributed by atoms with Crippen LogP contribution < -0.4 is 10.6 Å². The van der Waals surface area contributed by atoms with Gasteiger partial charge in [-0.1, -0.05) is 12.1 Å². The Morgan fingerprint density at radius 2 is 1.93 bits per heavy atom. The summed E-state index contributed by atoms with van der Waals surface area (Å²) in [7, 11) is 0. The average Bonchev–Trinajstić information content (AvgIpc) is 3.27. The first-order valence-corrected chi connectivity index (χ1v) is 10.3. The van der Waals surface area contributed by atoms with Crippen LogP contribution in [0, 0.1) is 0 Å². The van der Waals surface area contributed by atoms with Crippen molar-refractivity contribution in [2.75, 3.05) is 13.1 Å². The third kappa shape index (κ3) is 3.22. The van der Waals surface area contributed by atoms with Gasteiger partial charge < -0.3 is 10.2 Å². The Morgan fingerprint density at radius 1 is 1.07 bits per heavy atom. The van der Waals surface area contributed by atoms with Crippen LogP contribution >= 0.6 is 0 Å². The number of benzene rings is 1. The number of fused-ring (bicyclic) bond motifs is 1. The van der Waals surface area contributed by atoms with Crippen LogP contribution in [0.3, 0.4) is 0 Å². The molecule has 3 heterocycles. The minimum absolute atomic E-state index is 0.102. The zero-order valence-electron chi connectivity index (χ0n) is 15.9. The van der Waals surface area contributed by atoms with E-state index in [1.165, 1.54) is 24.8 Å². The molecular formula is C21H26N4O3. The van der Waals surface area contributed by atoms with E-state index >= 15 is 0 Å². The lowest BCUT2D eigenvalue weighted by atomic mass is 10.0. The Balaban J connectivity index is 1.32. The standard InChI is InChI=1S/C21H26N4O3/c26-19-6-5-18(20(27)23-19)25-12-14-9-13(1-4-17(14)21(25)28)11-24(15-2-3-15)16-7-8-22-10-16/h1,4,9,15-16,18,22H,2-3,5-8,10-12H2,(H,23,26,27). The maximum absolute atomic E-state index is 12.8. The number of amides is 3. The average molecular weight is 382 g/mol. The fourth-order valence-corrected chi connectivity index (χ4v) is 4.82. The van der Waals surface area contributed by atoms with E-state index in [-0.39, 0.29) is 24.1 Å². The van der Waals surface area contributed by atoms with E-state index < -0.39 is 6.04 Å². The molecule has 1 aromatic rings. The Labute approximate surface area is 164 Å². The number of nitrogens with one attached hydrogen (secondary N) is 2. The first-order valence-electron chi connectivity index (χ1n) is 10.3. The van der Waals surface area contributed by atoms with E-state index in [2.05, 4.69) is 27.7 Å². The van der Waals surface area contributed by atoms with Crippen molar-refractivity contribution in [1.29, 1.82) is 0 Å². The summed E-state index contributed by atoms with van der Waals surface area (Å²) in [4.78, 5) is 40.7. The lowest BCUT2D eigenvalue weighted by Crippen LogP contribution is -2.52. The monoisotopic (exact) mass is 382 g/mol. The van der Waals surface area contributed by atoms with Crippen LogP contribution in [-0.2, 0) is 22.7 Å². The molecule has 5 rings (SSSR count). The van der Waals surface area contributed by atoms with Crippen LogP contribution in [0.15, 0.2) is 18.2 Å². The maximum atomic E-state index is 12.8. The predicted octanol–water partition coefficient (Wildman–Crippen LogP) is 0.774. The number of piperidine rings is 1. The number of hydrogen-bond donors (Lipinski definition) is 2. The molecule has 3 fully saturated rings. The third-order valence-electron chi connectivity index (χ3n) is 6.47. The van der Waals surface area contributed by atoms with E-state index in [4.69, 9.17) is 0 Å². The van der Waals surface area contributed by atoms with Crippen LogP contribution in [0.5, 0.6) is 0 Å². The highest BCUT2D eigenvalue weighted by Gasteiger charge is 2.39. The molecule has 7 heteroatoms. The summed E-state index contributed by atoms with van der Waals surface area (Å²) >= 11 is 0. The Kier molecular flexibility index (Phi) is 4.44. The quantitative estimate of drug-likeness (QED) is 0.736. The molecule has 0 spiro atoms. The molecule has 7 nitrogen and oxygen atoms in total. The van der Waals surface area contributed by atoms with Crippen LogP contribution in [-0.4, -0.2) is 58.7 Å². The second-order valence-electron chi connectivity index (χ2n) is 8.44. The van der Waals surface area contributed by atoms with Gasteiger partial charge in [-0.25, -0.2) is 0 Å². The molecule has 2 N–H and O–H groups in total. The second-order valence-corrected chi connectivity index (χ2v) is 8.44. The molecule has 2 atom stereocenters. The van der Waals surface area contributed by atoms with Crippen LogP contribution in [0.4, 0.5) is 0 Å². The van der Waals surface area contributed by atoms with Gasteiger partial charge in [0.25, 0.3) is 5.91 Å². The minimum Gasteiger partial charge on any atom is -0.322 e. The lowest BCUT2D eigenvalue weighted by molar-refractivity contribution is -0.136.